The van der Waals surface area contributed by atoms with Gasteiger partial charge in [-0.05, 0) is 13.8 Å². The number of ketones is 2. The van der Waals surface area contributed by atoms with Gasteiger partial charge in [-0.25, -0.2) is 0 Å². The van der Waals surface area contributed by atoms with Crippen LogP contribution in [0.1, 0.15) is 45.1 Å². The van der Waals surface area contributed by atoms with Crippen molar-refractivity contribution < 1.29 is 24.0 Å². The summed E-state index contributed by atoms with van der Waals surface area (Å²) < 4.78 is 4.86. The first-order valence-electron chi connectivity index (χ1n) is 7.75. The quantitative estimate of drug-likeness (QED) is 0.390. The fraction of sp³-hybridized carbons (Fsp3) is 0.471. The van der Waals surface area contributed by atoms with Crippen LogP contribution in [-0.2, 0) is 19.1 Å². The molecule has 24 heavy (non-hydrogen) atoms. The number of carbonyl (C=O) groups excluding carboxylic acids is 3. The van der Waals surface area contributed by atoms with Crippen molar-refractivity contribution in [1.82, 2.24) is 0 Å². The molecule has 130 valence electrons. The smallest absolute Gasteiger partial charge is 0.306 e. The van der Waals surface area contributed by atoms with Crippen LogP contribution in [0.2, 0.25) is 0 Å². The first-order chi connectivity index (χ1) is 11.3. The topological polar surface area (TPSA) is 104 Å². The van der Waals surface area contributed by atoms with E-state index in [0.29, 0.717) is 0 Å². The van der Waals surface area contributed by atoms with Crippen LogP contribution >= 0.6 is 0 Å². The standard InChI is InChI=1S/C17H21NO6/c1-4-15(20)17(12-8-6-7-9-14(12)18(22)23)13(11(3)19)10-16(21)24-5-2/h6-9,13,17H,4-5,10H2,1-3H3. The number of nitro groups is 1. The molecular formula is C17H21NO6. The Hall–Kier alpha value is -2.57. The molecule has 0 N–H and O–H groups in total. The summed E-state index contributed by atoms with van der Waals surface area (Å²) in [5, 5.41) is 11.3. The minimum Gasteiger partial charge on any atom is -0.466 e. The van der Waals surface area contributed by atoms with E-state index in [0.717, 1.165) is 0 Å². The first-order valence-corrected chi connectivity index (χ1v) is 7.75. The molecule has 0 fully saturated rings. The highest BCUT2D eigenvalue weighted by molar-refractivity contribution is 5.95. The molecule has 0 spiro atoms. The van der Waals surface area contributed by atoms with Gasteiger partial charge in [0.2, 0.25) is 0 Å². The van der Waals surface area contributed by atoms with Gasteiger partial charge >= 0.3 is 5.97 Å². The van der Waals surface area contributed by atoms with Gasteiger partial charge in [0.1, 0.15) is 11.6 Å². The second-order valence-corrected chi connectivity index (χ2v) is 5.34. The lowest BCUT2D eigenvalue weighted by molar-refractivity contribution is -0.385. The molecule has 0 aromatic heterocycles. The van der Waals surface area contributed by atoms with Crippen LogP contribution in [-0.4, -0.2) is 29.1 Å². The van der Waals surface area contributed by atoms with E-state index in [1.165, 1.54) is 25.1 Å². The zero-order valence-corrected chi connectivity index (χ0v) is 14.0. The lowest BCUT2D eigenvalue weighted by Gasteiger charge is -2.23. The van der Waals surface area contributed by atoms with Gasteiger partial charge in [-0.15, -0.1) is 0 Å². The maximum atomic E-state index is 12.4. The summed E-state index contributed by atoms with van der Waals surface area (Å²) >= 11 is 0. The number of hydrogen-bond donors (Lipinski definition) is 0. The van der Waals surface area contributed by atoms with Crippen LogP contribution in [0.5, 0.6) is 0 Å². The summed E-state index contributed by atoms with van der Waals surface area (Å²) in [5.74, 6) is -3.34. The Morgan fingerprint density at radius 3 is 2.33 bits per heavy atom. The molecule has 0 aliphatic heterocycles. The van der Waals surface area contributed by atoms with Crippen molar-refractivity contribution in [2.75, 3.05) is 6.61 Å². The van der Waals surface area contributed by atoms with E-state index < -0.39 is 22.7 Å². The first kappa shape index (κ1) is 19.5. The van der Waals surface area contributed by atoms with E-state index in [4.69, 9.17) is 4.74 Å². The third-order valence-electron chi connectivity index (χ3n) is 3.78. The van der Waals surface area contributed by atoms with Gasteiger partial charge in [0.25, 0.3) is 5.69 Å². The Kier molecular flexibility index (Phi) is 7.23. The molecule has 7 nitrogen and oxygen atoms in total. The van der Waals surface area contributed by atoms with Gasteiger partial charge in [-0.2, -0.15) is 0 Å². The Bertz CT molecular complexity index is 640. The van der Waals surface area contributed by atoms with Crippen molar-refractivity contribution in [3.05, 3.63) is 39.9 Å². The lowest BCUT2D eigenvalue weighted by atomic mass is 9.77. The molecule has 7 heteroatoms. The molecular weight excluding hydrogens is 314 g/mol. The molecule has 1 aromatic rings. The van der Waals surface area contributed by atoms with E-state index in [2.05, 4.69) is 0 Å². The van der Waals surface area contributed by atoms with Gasteiger partial charge < -0.3 is 4.74 Å². The van der Waals surface area contributed by atoms with Crippen LogP contribution in [0.3, 0.4) is 0 Å². The summed E-state index contributed by atoms with van der Waals surface area (Å²) in [7, 11) is 0. The number of ether oxygens (including phenoxy) is 1. The molecule has 1 aromatic carbocycles. The molecule has 0 aliphatic rings. The molecule has 2 unspecified atom stereocenters. The monoisotopic (exact) mass is 335 g/mol. The number of carbonyl (C=O) groups is 3. The highest BCUT2D eigenvalue weighted by Crippen LogP contribution is 2.35. The molecule has 2 atom stereocenters. The van der Waals surface area contributed by atoms with E-state index in [1.54, 1.807) is 19.9 Å². The van der Waals surface area contributed by atoms with Crippen molar-refractivity contribution >= 4 is 23.2 Å². The van der Waals surface area contributed by atoms with Crippen LogP contribution in [0.25, 0.3) is 0 Å². The molecule has 1 rings (SSSR count). The van der Waals surface area contributed by atoms with Gasteiger partial charge in [-0.1, -0.05) is 25.1 Å². The molecule has 0 amide bonds. The Morgan fingerprint density at radius 1 is 1.21 bits per heavy atom. The minimum absolute atomic E-state index is 0.101. The van der Waals surface area contributed by atoms with Crippen LogP contribution in [0, 0.1) is 16.0 Å². The SMILES string of the molecule is CCOC(=O)CC(C(C)=O)C(C(=O)CC)c1ccccc1[N+](=O)[O-]. The van der Waals surface area contributed by atoms with E-state index in [-0.39, 0.29) is 42.3 Å². The number of nitro benzene ring substituents is 1. The lowest BCUT2D eigenvalue weighted by Crippen LogP contribution is -2.30. The maximum Gasteiger partial charge on any atom is 0.306 e. The molecule has 0 radical (unpaired) electrons. The number of benzene rings is 1. The Labute approximate surface area is 140 Å². The van der Waals surface area contributed by atoms with Crippen molar-refractivity contribution in [2.24, 2.45) is 5.92 Å². The van der Waals surface area contributed by atoms with Gasteiger partial charge in [-0.3, -0.25) is 24.5 Å². The fourth-order valence-electron chi connectivity index (χ4n) is 2.65. The number of nitrogens with zero attached hydrogens (tertiary/aromatic N) is 1. The number of para-hydroxylation sites is 1. The summed E-state index contributed by atoms with van der Waals surface area (Å²) in [6.07, 6.45) is -0.186. The van der Waals surface area contributed by atoms with Crippen LogP contribution in [0.15, 0.2) is 24.3 Å². The predicted molar refractivity (Wildman–Crippen MR) is 86.6 cm³/mol. The van der Waals surface area contributed by atoms with Gasteiger partial charge in [0, 0.05) is 24.0 Å². The van der Waals surface area contributed by atoms with Crippen molar-refractivity contribution in [3.63, 3.8) is 0 Å². The number of Topliss-reactive ketones (excluding diaryl/α,β-unsaturated/α-hetero) is 2. The molecule has 0 saturated carbocycles. The number of rotatable bonds is 9. The Balaban J connectivity index is 3.38. The minimum atomic E-state index is -1.04. The van der Waals surface area contributed by atoms with Gasteiger partial charge in [0.05, 0.1) is 23.9 Å². The molecule has 0 aliphatic carbocycles. The second-order valence-electron chi connectivity index (χ2n) is 5.34. The van der Waals surface area contributed by atoms with E-state index in [9.17, 15) is 24.5 Å². The molecule has 0 saturated heterocycles. The average Bonchev–Trinajstić information content (AvgIpc) is 2.54. The summed E-state index contributed by atoms with van der Waals surface area (Å²) in [6.45, 7) is 4.68. The zero-order valence-electron chi connectivity index (χ0n) is 14.0. The van der Waals surface area contributed by atoms with Crippen molar-refractivity contribution in [3.8, 4) is 0 Å². The predicted octanol–water partition coefficient (Wildman–Crippen LogP) is 2.82. The zero-order chi connectivity index (χ0) is 18.3. The Morgan fingerprint density at radius 2 is 1.83 bits per heavy atom. The summed E-state index contributed by atoms with van der Waals surface area (Å²) in [5.41, 5.74) is -0.0849. The van der Waals surface area contributed by atoms with E-state index >= 15 is 0 Å². The third kappa shape index (κ3) is 4.71. The van der Waals surface area contributed by atoms with Gasteiger partial charge in [0.15, 0.2) is 0 Å². The van der Waals surface area contributed by atoms with Crippen molar-refractivity contribution in [2.45, 2.75) is 39.5 Å². The summed E-state index contributed by atoms with van der Waals surface area (Å²) in [6, 6.07) is 5.80. The van der Waals surface area contributed by atoms with Crippen LogP contribution < -0.4 is 0 Å². The highest BCUT2D eigenvalue weighted by Gasteiger charge is 2.37. The number of hydrogen-bond acceptors (Lipinski definition) is 6. The fourth-order valence-corrected chi connectivity index (χ4v) is 2.65. The van der Waals surface area contributed by atoms with Crippen molar-refractivity contribution in [1.29, 1.82) is 0 Å². The highest BCUT2D eigenvalue weighted by atomic mass is 16.6. The molecule has 0 bridgehead atoms. The average molecular weight is 335 g/mol. The maximum absolute atomic E-state index is 12.4. The number of esters is 1. The molecule has 0 heterocycles. The van der Waals surface area contributed by atoms with Crippen LogP contribution in [0.4, 0.5) is 5.69 Å². The summed E-state index contributed by atoms with van der Waals surface area (Å²) in [4.78, 5) is 47.0. The largest absolute Gasteiger partial charge is 0.466 e. The van der Waals surface area contributed by atoms with E-state index in [1.807, 2.05) is 0 Å². The third-order valence-corrected chi connectivity index (χ3v) is 3.78. The normalized spacial score (nSPS) is 13.0. The second kappa shape index (κ2) is 8.90.